The van der Waals surface area contributed by atoms with Crippen LogP contribution >= 0.6 is 23.1 Å². The molecule has 1 aliphatic rings. The summed E-state index contributed by atoms with van der Waals surface area (Å²) >= 11 is 7.60. The number of hydrogen-bond donors (Lipinski definition) is 1. The molecule has 3 heterocycles. The number of carbonyl (C=O) groups is 2. The molecule has 10 nitrogen and oxygen atoms in total. The molecule has 0 aliphatic carbocycles. The fourth-order valence-corrected chi connectivity index (χ4v) is 5.78. The van der Waals surface area contributed by atoms with Gasteiger partial charge in [0.2, 0.25) is 0 Å². The number of rotatable bonds is 13. The largest absolute Gasteiger partial charge is 0.466 e. The van der Waals surface area contributed by atoms with Crippen molar-refractivity contribution in [2.75, 3.05) is 54.0 Å². The Bertz CT molecular complexity index is 1310. The topological polar surface area (TPSA) is 104 Å². The third kappa shape index (κ3) is 8.85. The average molecular weight is 600 g/mol. The summed E-state index contributed by atoms with van der Waals surface area (Å²) in [6, 6.07) is 9.39. The molecule has 1 saturated heterocycles. The van der Waals surface area contributed by atoms with Gasteiger partial charge in [-0.25, -0.2) is 19.4 Å². The summed E-state index contributed by atoms with van der Waals surface area (Å²) in [4.78, 5) is 43.1. The van der Waals surface area contributed by atoms with Crippen molar-refractivity contribution in [2.45, 2.75) is 52.9 Å². The molecule has 1 aromatic carbocycles. The van der Waals surface area contributed by atoms with Crippen LogP contribution in [-0.2, 0) is 9.53 Å². The number of benzene rings is 1. The Kier molecular flexibility index (Phi) is 11.3. The standard InChI is InChI=1S/C29H38ClN7O3S/c1-4-40-27(38)13-7-5-6-10-14-35-15-17-36(18-16-35)26-19-25(32-22(3)33-26)34-29-31-20-24(41-29)28(39)37(30)23-12-9-8-11-21(23)2/h8-9,11-12,19-20H,4-7,10,13-18H2,1-3H3,(H,31,32,33,34). The van der Waals surface area contributed by atoms with Gasteiger partial charge in [-0.1, -0.05) is 42.4 Å². The zero-order chi connectivity index (χ0) is 29.2. The van der Waals surface area contributed by atoms with Crippen molar-refractivity contribution >= 4 is 57.4 Å². The Morgan fingerprint density at radius 1 is 1.07 bits per heavy atom. The number of amides is 1. The van der Waals surface area contributed by atoms with E-state index in [-0.39, 0.29) is 11.9 Å². The Hall–Kier alpha value is -3.28. The lowest BCUT2D eigenvalue weighted by atomic mass is 10.1. The zero-order valence-electron chi connectivity index (χ0n) is 23.9. The number of esters is 1. The summed E-state index contributed by atoms with van der Waals surface area (Å²) in [6.45, 7) is 10.9. The van der Waals surface area contributed by atoms with Gasteiger partial charge >= 0.3 is 5.97 Å². The quantitative estimate of drug-likeness (QED) is 0.150. The molecule has 1 amide bonds. The van der Waals surface area contributed by atoms with E-state index in [9.17, 15) is 9.59 Å². The highest BCUT2D eigenvalue weighted by atomic mass is 35.5. The second-order valence-corrected chi connectivity index (χ2v) is 11.4. The van der Waals surface area contributed by atoms with Gasteiger partial charge < -0.3 is 15.0 Å². The molecule has 41 heavy (non-hydrogen) atoms. The third-order valence-electron chi connectivity index (χ3n) is 6.89. The van der Waals surface area contributed by atoms with Crippen molar-refractivity contribution in [1.82, 2.24) is 19.9 Å². The predicted octanol–water partition coefficient (Wildman–Crippen LogP) is 5.73. The molecule has 220 valence electrons. The number of unbranched alkanes of at least 4 members (excludes halogenated alkanes) is 3. The number of halogens is 1. The van der Waals surface area contributed by atoms with Crippen molar-refractivity contribution < 1.29 is 14.3 Å². The van der Waals surface area contributed by atoms with Gasteiger partial charge in [-0.05, 0) is 51.8 Å². The Morgan fingerprint density at radius 2 is 1.83 bits per heavy atom. The number of thiazole rings is 1. The van der Waals surface area contributed by atoms with Crippen LogP contribution in [0.25, 0.3) is 0 Å². The summed E-state index contributed by atoms with van der Waals surface area (Å²) in [6.07, 6.45) is 6.25. The SMILES string of the molecule is CCOC(=O)CCCCCCN1CCN(c2cc(Nc3ncc(C(=O)N(Cl)c4ccccc4C)s3)nc(C)n2)CC1. The van der Waals surface area contributed by atoms with Crippen LogP contribution in [0.5, 0.6) is 0 Å². The van der Waals surface area contributed by atoms with Gasteiger partial charge in [-0.3, -0.25) is 14.5 Å². The molecule has 12 heteroatoms. The van der Waals surface area contributed by atoms with E-state index in [0.29, 0.717) is 40.4 Å². The van der Waals surface area contributed by atoms with Crippen molar-refractivity contribution in [3.8, 4) is 0 Å². The molecule has 1 N–H and O–H groups in total. The Morgan fingerprint density at radius 3 is 2.59 bits per heavy atom. The summed E-state index contributed by atoms with van der Waals surface area (Å²) in [5.41, 5.74) is 1.55. The Labute approximate surface area is 250 Å². The minimum absolute atomic E-state index is 0.0926. The molecule has 4 rings (SSSR count). The fraction of sp³-hybridized carbons (Fsp3) is 0.483. The second kappa shape index (κ2) is 15.1. The van der Waals surface area contributed by atoms with E-state index in [4.69, 9.17) is 16.5 Å². The van der Waals surface area contributed by atoms with Crippen LogP contribution in [0.15, 0.2) is 36.5 Å². The van der Waals surface area contributed by atoms with Gasteiger partial charge in [0.15, 0.2) is 5.13 Å². The summed E-state index contributed by atoms with van der Waals surface area (Å²) in [5, 5.41) is 3.79. The molecule has 0 saturated carbocycles. The molecular weight excluding hydrogens is 562 g/mol. The van der Waals surface area contributed by atoms with Gasteiger partial charge in [0, 0.05) is 50.4 Å². The lowest BCUT2D eigenvalue weighted by Crippen LogP contribution is -2.47. The van der Waals surface area contributed by atoms with Crippen LogP contribution in [0.2, 0.25) is 0 Å². The first kappa shape index (κ1) is 30.7. The van der Waals surface area contributed by atoms with Crippen LogP contribution in [-0.4, -0.2) is 71.1 Å². The predicted molar refractivity (Wildman–Crippen MR) is 164 cm³/mol. The number of anilines is 4. The first-order chi connectivity index (χ1) is 19.8. The molecule has 0 bridgehead atoms. The minimum Gasteiger partial charge on any atom is -0.466 e. The fourth-order valence-electron chi connectivity index (χ4n) is 4.70. The molecule has 2 aromatic heterocycles. The molecule has 0 atom stereocenters. The number of nitrogens with one attached hydrogen (secondary N) is 1. The number of nitrogens with zero attached hydrogens (tertiary/aromatic N) is 6. The van der Waals surface area contributed by atoms with E-state index < -0.39 is 0 Å². The number of hydrogen-bond acceptors (Lipinski definition) is 10. The van der Waals surface area contributed by atoms with Crippen LogP contribution < -0.4 is 14.6 Å². The maximum atomic E-state index is 12.9. The highest BCUT2D eigenvalue weighted by molar-refractivity contribution is 7.17. The number of para-hydroxylation sites is 1. The molecule has 0 spiro atoms. The summed E-state index contributed by atoms with van der Waals surface area (Å²) < 4.78 is 6.11. The second-order valence-electron chi connectivity index (χ2n) is 9.98. The van der Waals surface area contributed by atoms with E-state index in [0.717, 1.165) is 74.2 Å². The number of aryl methyl sites for hydroxylation is 2. The van der Waals surface area contributed by atoms with Crippen LogP contribution in [0.3, 0.4) is 0 Å². The molecular formula is C29H38ClN7O3S. The first-order valence-corrected chi connectivity index (χ1v) is 15.3. The number of aromatic nitrogens is 3. The van der Waals surface area contributed by atoms with Gasteiger partial charge in [0.05, 0.1) is 18.5 Å². The lowest BCUT2D eigenvalue weighted by molar-refractivity contribution is -0.143. The van der Waals surface area contributed by atoms with Gasteiger partial charge in [0.1, 0.15) is 22.3 Å². The van der Waals surface area contributed by atoms with E-state index in [1.807, 2.05) is 51.1 Å². The number of piperazine rings is 1. The molecule has 0 radical (unpaired) electrons. The first-order valence-electron chi connectivity index (χ1n) is 14.1. The van der Waals surface area contributed by atoms with Gasteiger partial charge in [0.25, 0.3) is 5.91 Å². The highest BCUT2D eigenvalue weighted by Crippen LogP contribution is 2.28. The van der Waals surface area contributed by atoms with E-state index in [1.165, 1.54) is 17.5 Å². The van der Waals surface area contributed by atoms with Gasteiger partial charge in [-0.2, -0.15) is 0 Å². The van der Waals surface area contributed by atoms with Crippen molar-refractivity contribution in [3.05, 3.63) is 52.8 Å². The van der Waals surface area contributed by atoms with E-state index in [2.05, 4.69) is 30.1 Å². The van der Waals surface area contributed by atoms with Crippen LogP contribution in [0, 0.1) is 13.8 Å². The molecule has 3 aromatic rings. The monoisotopic (exact) mass is 599 g/mol. The van der Waals surface area contributed by atoms with Gasteiger partial charge in [-0.15, -0.1) is 0 Å². The van der Waals surface area contributed by atoms with Crippen molar-refractivity contribution in [1.29, 1.82) is 0 Å². The van der Waals surface area contributed by atoms with Crippen LogP contribution in [0.4, 0.5) is 22.5 Å². The average Bonchev–Trinajstić information content (AvgIpc) is 3.43. The number of ether oxygens (including phenoxy) is 1. The summed E-state index contributed by atoms with van der Waals surface area (Å²) in [5.74, 6) is 1.74. The van der Waals surface area contributed by atoms with Crippen molar-refractivity contribution in [2.24, 2.45) is 0 Å². The molecule has 0 unspecified atom stereocenters. The Balaban J connectivity index is 1.26. The third-order valence-corrected chi connectivity index (χ3v) is 8.12. The maximum Gasteiger partial charge on any atom is 0.305 e. The number of carbonyl (C=O) groups excluding carboxylic acids is 2. The summed E-state index contributed by atoms with van der Waals surface area (Å²) in [7, 11) is 0. The normalized spacial score (nSPS) is 13.7. The minimum atomic E-state index is -0.333. The van der Waals surface area contributed by atoms with E-state index in [1.54, 1.807) is 0 Å². The molecule has 1 fully saturated rings. The van der Waals surface area contributed by atoms with E-state index >= 15 is 0 Å². The maximum absolute atomic E-state index is 12.9. The van der Waals surface area contributed by atoms with Crippen LogP contribution in [0.1, 0.15) is 60.1 Å². The lowest BCUT2D eigenvalue weighted by Gasteiger charge is -2.35. The zero-order valence-corrected chi connectivity index (χ0v) is 25.5. The molecule has 1 aliphatic heterocycles. The van der Waals surface area contributed by atoms with Crippen molar-refractivity contribution in [3.63, 3.8) is 0 Å². The highest BCUT2D eigenvalue weighted by Gasteiger charge is 2.21. The smallest absolute Gasteiger partial charge is 0.305 e.